The lowest BCUT2D eigenvalue weighted by Crippen LogP contribution is -2.39. The second-order valence-electron chi connectivity index (χ2n) is 8.84. The number of carbonyl (C=O) groups is 3. The van der Waals surface area contributed by atoms with Gasteiger partial charge in [0.2, 0.25) is 0 Å². The number of hydrogen-bond acceptors (Lipinski definition) is 10. The number of nitrogens with zero attached hydrogens (tertiary/aromatic N) is 2. The number of benzene rings is 1. The van der Waals surface area contributed by atoms with Crippen molar-refractivity contribution >= 4 is 29.7 Å². The van der Waals surface area contributed by atoms with Crippen molar-refractivity contribution in [2.75, 3.05) is 47.5 Å². The number of amides is 1. The number of morpholine rings is 1. The maximum atomic E-state index is 12.3. The molecular formula is C26H36N4O6S. The quantitative estimate of drug-likeness (QED) is 0.270. The van der Waals surface area contributed by atoms with E-state index in [1.807, 2.05) is 18.2 Å². The third-order valence-corrected chi connectivity index (χ3v) is 7.14. The van der Waals surface area contributed by atoms with E-state index in [9.17, 15) is 14.4 Å². The highest BCUT2D eigenvalue weighted by Crippen LogP contribution is 2.35. The number of aryl methyl sites for hydroxylation is 1. The van der Waals surface area contributed by atoms with Crippen molar-refractivity contribution in [1.82, 2.24) is 20.5 Å². The molecule has 0 radical (unpaired) electrons. The van der Waals surface area contributed by atoms with Gasteiger partial charge in [-0.15, -0.1) is 11.3 Å². The molecule has 2 fully saturated rings. The van der Waals surface area contributed by atoms with E-state index in [-0.39, 0.29) is 12.1 Å². The highest BCUT2D eigenvalue weighted by Gasteiger charge is 2.27. The first kappa shape index (κ1) is 28.7. The van der Waals surface area contributed by atoms with Crippen LogP contribution in [0.4, 0.5) is 4.79 Å². The maximum absolute atomic E-state index is 12.3. The largest absolute Gasteiger partial charge is 0.465 e. The van der Waals surface area contributed by atoms with Crippen LogP contribution in [0.25, 0.3) is 10.4 Å². The number of hydrogen-bond donors (Lipinski definition) is 2. The Labute approximate surface area is 221 Å². The first-order valence-electron chi connectivity index (χ1n) is 12.4. The van der Waals surface area contributed by atoms with Crippen LogP contribution >= 0.6 is 11.3 Å². The van der Waals surface area contributed by atoms with Gasteiger partial charge < -0.3 is 29.6 Å². The monoisotopic (exact) mass is 532 g/mol. The third-order valence-electron chi connectivity index (χ3n) is 6.03. The van der Waals surface area contributed by atoms with E-state index < -0.39 is 6.09 Å². The molecule has 10 nitrogen and oxygen atoms in total. The number of aromatic nitrogens is 1. The van der Waals surface area contributed by atoms with Gasteiger partial charge in [0.1, 0.15) is 17.4 Å². The van der Waals surface area contributed by atoms with Crippen LogP contribution < -0.4 is 10.6 Å². The van der Waals surface area contributed by atoms with Crippen molar-refractivity contribution in [2.45, 2.75) is 44.4 Å². The molecule has 1 saturated carbocycles. The molecule has 37 heavy (non-hydrogen) atoms. The minimum Gasteiger partial charge on any atom is -0.465 e. The zero-order valence-electron chi connectivity index (χ0n) is 21.7. The van der Waals surface area contributed by atoms with E-state index in [0.29, 0.717) is 37.7 Å². The molecule has 1 aromatic heterocycles. The van der Waals surface area contributed by atoms with Crippen LogP contribution in [0.3, 0.4) is 0 Å². The van der Waals surface area contributed by atoms with Crippen molar-refractivity contribution in [3.05, 3.63) is 40.5 Å². The van der Waals surface area contributed by atoms with Crippen LogP contribution in [0, 0.1) is 0 Å². The molecule has 2 aliphatic rings. The molecule has 2 aromatic rings. The Kier molecular flexibility index (Phi) is 11.5. The Balaban J connectivity index is 0.000000405. The van der Waals surface area contributed by atoms with Crippen LogP contribution in [0.2, 0.25) is 0 Å². The number of nitrogens with one attached hydrogen (secondary N) is 2. The second-order valence-corrected chi connectivity index (χ2v) is 9.92. The average Bonchev–Trinajstić information content (AvgIpc) is 3.72. The average molecular weight is 533 g/mol. The summed E-state index contributed by atoms with van der Waals surface area (Å²) in [5.41, 5.74) is 2.32. The van der Waals surface area contributed by atoms with Crippen molar-refractivity contribution < 1.29 is 28.6 Å². The highest BCUT2D eigenvalue weighted by molar-refractivity contribution is 7.15. The molecule has 202 valence electrons. The van der Waals surface area contributed by atoms with E-state index in [1.54, 1.807) is 17.4 Å². The topological polar surface area (TPSA) is 119 Å². The SMILES string of the molecule is COC(=O)NCCCc1nc(CN(C)C2CC2)sc1-c1ccccc1C(=O)OC.O=CC1CNCCO1. The minimum atomic E-state index is -0.439. The minimum absolute atomic E-state index is 0.205. The van der Waals surface area contributed by atoms with E-state index in [4.69, 9.17) is 14.5 Å². The third kappa shape index (κ3) is 8.89. The Morgan fingerprint density at radius 2 is 2.05 bits per heavy atom. The molecule has 2 heterocycles. The van der Waals surface area contributed by atoms with E-state index in [1.165, 1.54) is 27.1 Å². The van der Waals surface area contributed by atoms with Crippen molar-refractivity contribution in [2.24, 2.45) is 0 Å². The fourth-order valence-electron chi connectivity index (χ4n) is 3.87. The number of ether oxygens (including phenoxy) is 3. The maximum Gasteiger partial charge on any atom is 0.406 e. The van der Waals surface area contributed by atoms with Crippen molar-refractivity contribution in [3.63, 3.8) is 0 Å². The Morgan fingerprint density at radius 3 is 2.68 bits per heavy atom. The van der Waals surface area contributed by atoms with Crippen LogP contribution in [-0.2, 0) is 32.0 Å². The molecule has 0 bridgehead atoms. The summed E-state index contributed by atoms with van der Waals surface area (Å²) in [5.74, 6) is -0.357. The van der Waals surface area contributed by atoms with Crippen molar-refractivity contribution in [3.8, 4) is 10.4 Å². The fraction of sp³-hybridized carbons (Fsp3) is 0.538. The number of alkyl carbamates (subject to hydrolysis) is 1. The number of esters is 1. The summed E-state index contributed by atoms with van der Waals surface area (Å²) in [7, 11) is 4.86. The molecule has 2 N–H and O–H groups in total. The van der Waals surface area contributed by atoms with Gasteiger partial charge in [-0.25, -0.2) is 14.6 Å². The van der Waals surface area contributed by atoms with Crippen LogP contribution in [0.1, 0.15) is 40.3 Å². The van der Waals surface area contributed by atoms with E-state index in [0.717, 1.165) is 46.9 Å². The first-order valence-corrected chi connectivity index (χ1v) is 13.2. The molecule has 1 saturated heterocycles. The predicted molar refractivity (Wildman–Crippen MR) is 141 cm³/mol. The summed E-state index contributed by atoms with van der Waals surface area (Å²) >= 11 is 1.62. The van der Waals surface area contributed by atoms with Gasteiger partial charge in [-0.3, -0.25) is 4.90 Å². The number of carbonyl (C=O) groups excluding carboxylic acids is 3. The van der Waals surface area contributed by atoms with Crippen LogP contribution in [0.15, 0.2) is 24.3 Å². The lowest BCUT2D eigenvalue weighted by molar-refractivity contribution is -0.119. The molecule has 1 aliphatic carbocycles. The Bertz CT molecular complexity index is 1040. The molecule has 1 amide bonds. The van der Waals surface area contributed by atoms with Crippen LogP contribution in [0.5, 0.6) is 0 Å². The van der Waals surface area contributed by atoms with E-state index in [2.05, 4.69) is 27.3 Å². The second kappa shape index (κ2) is 14.8. The molecule has 1 unspecified atom stereocenters. The molecule has 1 aliphatic heterocycles. The summed E-state index contributed by atoms with van der Waals surface area (Å²) in [5, 5.41) is 6.76. The Hall–Kier alpha value is -2.86. The van der Waals surface area contributed by atoms with E-state index >= 15 is 0 Å². The predicted octanol–water partition coefficient (Wildman–Crippen LogP) is 2.65. The number of rotatable bonds is 10. The zero-order chi connectivity index (χ0) is 26.6. The first-order chi connectivity index (χ1) is 18.0. The number of aldehydes is 1. The zero-order valence-corrected chi connectivity index (χ0v) is 22.5. The number of thiazole rings is 1. The molecule has 4 rings (SSSR count). The van der Waals surface area contributed by atoms with Crippen LogP contribution in [-0.4, -0.2) is 87.9 Å². The number of methoxy groups -OCH3 is 2. The Morgan fingerprint density at radius 1 is 1.27 bits per heavy atom. The molecule has 1 atom stereocenters. The molecule has 1 aromatic carbocycles. The summed E-state index contributed by atoms with van der Waals surface area (Å²) in [6.45, 7) is 3.49. The highest BCUT2D eigenvalue weighted by atomic mass is 32.1. The van der Waals surface area contributed by atoms with Gasteiger partial charge in [-0.2, -0.15) is 0 Å². The summed E-state index contributed by atoms with van der Waals surface area (Å²) in [4.78, 5) is 41.7. The summed E-state index contributed by atoms with van der Waals surface area (Å²) in [6, 6.07) is 8.11. The van der Waals surface area contributed by atoms with Gasteiger partial charge in [0.05, 0.1) is 43.5 Å². The molecule has 11 heteroatoms. The van der Waals surface area contributed by atoms with Gasteiger partial charge in [0.15, 0.2) is 0 Å². The summed E-state index contributed by atoms with van der Waals surface area (Å²) < 4.78 is 14.6. The lowest BCUT2D eigenvalue weighted by Gasteiger charge is -2.17. The molecular weight excluding hydrogens is 496 g/mol. The van der Waals surface area contributed by atoms with Crippen molar-refractivity contribution in [1.29, 1.82) is 0 Å². The fourth-order valence-corrected chi connectivity index (χ4v) is 5.08. The molecule has 0 spiro atoms. The van der Waals surface area contributed by atoms with Gasteiger partial charge in [0.25, 0.3) is 0 Å². The standard InChI is InChI=1S/C21H27N3O4S.C5H9NO2/c1-24(14-10-11-14)13-18-23-17(9-6-12-22-21(26)28-3)19(29-18)15-7-4-5-8-16(15)20(25)27-2;7-4-5-3-6-1-2-8-5/h4-5,7-8,14H,6,9-13H2,1-3H3,(H,22,26);4-6H,1-3H2. The van der Waals surface area contributed by atoms with Gasteiger partial charge in [-0.05, 0) is 38.8 Å². The van der Waals surface area contributed by atoms with Gasteiger partial charge >= 0.3 is 12.1 Å². The lowest BCUT2D eigenvalue weighted by atomic mass is 10.0. The van der Waals surface area contributed by atoms with Gasteiger partial charge in [-0.1, -0.05) is 18.2 Å². The normalized spacial score (nSPS) is 16.9. The summed E-state index contributed by atoms with van der Waals surface area (Å²) in [6.07, 6.45) is 4.09. The van der Waals surface area contributed by atoms with Gasteiger partial charge in [0, 0.05) is 31.2 Å². The smallest absolute Gasteiger partial charge is 0.406 e.